The number of rotatable bonds is 6. The average Bonchev–Trinajstić information content (AvgIpc) is 3.24. The Balaban J connectivity index is 1.31. The molecule has 1 N–H and O–H groups in total. The molecule has 2 saturated heterocycles. The maximum Gasteiger partial charge on any atom is 0.234 e. The number of likely N-dealkylation sites (N-methyl/N-ethyl adjacent to an activating group) is 1. The number of hydrogen-bond donors (Lipinski definition) is 1. The van der Waals surface area contributed by atoms with Crippen molar-refractivity contribution in [2.45, 2.75) is 44.0 Å². The van der Waals surface area contributed by atoms with E-state index in [2.05, 4.69) is 20.1 Å². The number of ether oxygens (including phenoxy) is 1. The zero-order valence-electron chi connectivity index (χ0n) is 14.9. The van der Waals surface area contributed by atoms with Crippen LogP contribution in [0, 0.1) is 5.92 Å². The van der Waals surface area contributed by atoms with Gasteiger partial charge in [0.05, 0.1) is 24.7 Å². The van der Waals surface area contributed by atoms with Crippen LogP contribution in [0.25, 0.3) is 0 Å². The smallest absolute Gasteiger partial charge is 0.234 e. The lowest BCUT2D eigenvalue weighted by Crippen LogP contribution is -2.70. The third-order valence-electron chi connectivity index (χ3n) is 5.85. The van der Waals surface area contributed by atoms with E-state index in [1.54, 1.807) is 12.4 Å². The van der Waals surface area contributed by atoms with Gasteiger partial charge < -0.3 is 10.1 Å². The lowest BCUT2D eigenvalue weighted by atomic mass is 9.70. The van der Waals surface area contributed by atoms with E-state index in [0.29, 0.717) is 24.6 Å². The average molecular weight is 344 g/mol. The highest BCUT2D eigenvalue weighted by atomic mass is 16.5. The van der Waals surface area contributed by atoms with Crippen LogP contribution < -0.4 is 5.32 Å². The van der Waals surface area contributed by atoms with Crippen LogP contribution in [0.2, 0.25) is 0 Å². The molecule has 0 bridgehead atoms. The lowest BCUT2D eigenvalue weighted by Gasteiger charge is -2.51. The third-order valence-corrected chi connectivity index (χ3v) is 5.85. The fourth-order valence-corrected chi connectivity index (χ4v) is 4.68. The summed E-state index contributed by atoms with van der Waals surface area (Å²) < 4.78 is 5.94. The molecular weight excluding hydrogens is 316 g/mol. The van der Waals surface area contributed by atoms with Crippen molar-refractivity contribution in [1.29, 1.82) is 0 Å². The predicted octanol–water partition coefficient (Wildman–Crippen LogP) is 0.881. The van der Waals surface area contributed by atoms with Crippen molar-refractivity contribution >= 4 is 5.91 Å². The Hall–Kier alpha value is -1.50. The zero-order valence-corrected chi connectivity index (χ0v) is 14.9. The van der Waals surface area contributed by atoms with Gasteiger partial charge in [0.25, 0.3) is 0 Å². The van der Waals surface area contributed by atoms with Crippen LogP contribution in [0.5, 0.6) is 0 Å². The molecule has 1 aromatic heterocycles. The predicted molar refractivity (Wildman–Crippen MR) is 94.9 cm³/mol. The molecule has 1 aromatic rings. The Morgan fingerprint density at radius 2 is 2.12 bits per heavy atom. The number of carbonyl (C=O) groups excluding carboxylic acids is 1. The van der Waals surface area contributed by atoms with Gasteiger partial charge >= 0.3 is 0 Å². The molecule has 2 aliphatic heterocycles. The fraction of sp³-hybridized carbons (Fsp3) is 0.684. The number of likely N-dealkylation sites (tertiary alicyclic amines) is 1. The SMILES string of the molecule is CN(CC(=O)N[C@H]1[C@H]2CCO[C@H]2[C@@H]1N1CCCC1)Cc1ccncc1. The van der Waals surface area contributed by atoms with Gasteiger partial charge in [-0.3, -0.25) is 19.6 Å². The molecule has 1 amide bonds. The minimum absolute atomic E-state index is 0.121. The molecule has 136 valence electrons. The van der Waals surface area contributed by atoms with Crippen molar-refractivity contribution in [3.05, 3.63) is 30.1 Å². The van der Waals surface area contributed by atoms with Gasteiger partial charge in [0.2, 0.25) is 5.91 Å². The molecule has 6 heteroatoms. The van der Waals surface area contributed by atoms with Crippen LogP contribution >= 0.6 is 0 Å². The van der Waals surface area contributed by atoms with E-state index >= 15 is 0 Å². The molecule has 0 unspecified atom stereocenters. The standard InChI is InChI=1S/C19H28N4O2/c1-22(12-14-4-7-20-8-5-14)13-16(24)21-17-15-6-11-25-19(15)18(17)23-9-2-3-10-23/h4-5,7-8,15,17-19H,2-3,6,9-13H2,1H3,(H,21,24)/t15-,17+,18-,19-/m1/s1. The van der Waals surface area contributed by atoms with Crippen molar-refractivity contribution in [3.63, 3.8) is 0 Å². The van der Waals surface area contributed by atoms with Crippen molar-refractivity contribution < 1.29 is 9.53 Å². The van der Waals surface area contributed by atoms with E-state index in [1.807, 2.05) is 19.2 Å². The molecule has 3 heterocycles. The maximum absolute atomic E-state index is 12.6. The lowest BCUT2D eigenvalue weighted by molar-refractivity contribution is -0.129. The Morgan fingerprint density at radius 3 is 2.88 bits per heavy atom. The number of carbonyl (C=O) groups is 1. The minimum atomic E-state index is 0.121. The Bertz CT molecular complexity index is 586. The van der Waals surface area contributed by atoms with Crippen molar-refractivity contribution in [2.24, 2.45) is 5.92 Å². The zero-order chi connectivity index (χ0) is 17.2. The van der Waals surface area contributed by atoms with Crippen LogP contribution in [-0.2, 0) is 16.1 Å². The molecular formula is C19H28N4O2. The summed E-state index contributed by atoms with van der Waals surface area (Å²) in [4.78, 5) is 21.2. The van der Waals surface area contributed by atoms with E-state index in [1.165, 1.54) is 18.4 Å². The summed E-state index contributed by atoms with van der Waals surface area (Å²) in [6.07, 6.45) is 7.52. The molecule has 6 nitrogen and oxygen atoms in total. The first-order chi connectivity index (χ1) is 12.2. The Kier molecular flexibility index (Phi) is 5.01. The second-order valence-corrected chi connectivity index (χ2v) is 7.64. The summed E-state index contributed by atoms with van der Waals surface area (Å²) in [7, 11) is 1.99. The summed E-state index contributed by atoms with van der Waals surface area (Å²) in [5.41, 5.74) is 1.17. The summed E-state index contributed by atoms with van der Waals surface area (Å²) in [6.45, 7) is 4.31. The highest BCUT2D eigenvalue weighted by Crippen LogP contribution is 2.42. The van der Waals surface area contributed by atoms with E-state index in [0.717, 1.165) is 32.7 Å². The molecule has 25 heavy (non-hydrogen) atoms. The summed E-state index contributed by atoms with van der Waals surface area (Å²) >= 11 is 0. The van der Waals surface area contributed by atoms with Crippen LogP contribution in [0.3, 0.4) is 0 Å². The van der Waals surface area contributed by atoms with Crippen molar-refractivity contribution in [1.82, 2.24) is 20.1 Å². The number of amides is 1. The molecule has 1 aliphatic carbocycles. The van der Waals surface area contributed by atoms with Crippen molar-refractivity contribution in [2.75, 3.05) is 33.3 Å². The Labute approximate surface area is 149 Å². The quantitative estimate of drug-likeness (QED) is 0.830. The maximum atomic E-state index is 12.6. The van der Waals surface area contributed by atoms with Gasteiger partial charge in [-0.1, -0.05) is 0 Å². The Morgan fingerprint density at radius 1 is 1.36 bits per heavy atom. The number of aromatic nitrogens is 1. The van der Waals surface area contributed by atoms with Crippen LogP contribution in [0.1, 0.15) is 24.8 Å². The highest BCUT2D eigenvalue weighted by molar-refractivity contribution is 5.78. The first-order valence-corrected chi connectivity index (χ1v) is 9.45. The van der Waals surface area contributed by atoms with Crippen molar-refractivity contribution in [3.8, 4) is 0 Å². The number of fused-ring (bicyclic) bond motifs is 1. The normalized spacial score (nSPS) is 31.8. The third kappa shape index (κ3) is 3.57. The van der Waals surface area contributed by atoms with Gasteiger partial charge in [0.1, 0.15) is 0 Å². The number of nitrogens with zero attached hydrogens (tertiary/aromatic N) is 3. The molecule has 0 radical (unpaired) electrons. The van der Waals surface area contributed by atoms with Gasteiger partial charge in [0, 0.05) is 31.5 Å². The highest BCUT2D eigenvalue weighted by Gasteiger charge is 2.56. The summed E-state index contributed by atoms with van der Waals surface area (Å²) in [6, 6.07) is 4.62. The number of hydrogen-bond acceptors (Lipinski definition) is 5. The monoisotopic (exact) mass is 344 g/mol. The second kappa shape index (κ2) is 7.40. The van der Waals surface area contributed by atoms with Gasteiger partial charge in [-0.25, -0.2) is 0 Å². The van der Waals surface area contributed by atoms with Crippen LogP contribution in [-0.4, -0.2) is 72.2 Å². The molecule has 3 aliphatic rings. The number of nitrogens with one attached hydrogen (secondary N) is 1. The molecule has 1 saturated carbocycles. The molecule has 0 aromatic carbocycles. The van der Waals surface area contributed by atoms with Gasteiger partial charge in [0.15, 0.2) is 0 Å². The summed E-state index contributed by atoms with van der Waals surface area (Å²) in [5.74, 6) is 0.621. The molecule has 4 rings (SSSR count). The van der Waals surface area contributed by atoms with Gasteiger partial charge in [-0.15, -0.1) is 0 Å². The van der Waals surface area contributed by atoms with E-state index in [4.69, 9.17) is 4.74 Å². The van der Waals surface area contributed by atoms with Gasteiger partial charge in [-0.05, 0) is 57.1 Å². The first-order valence-electron chi connectivity index (χ1n) is 9.45. The molecule has 0 spiro atoms. The fourth-order valence-electron chi connectivity index (χ4n) is 4.68. The van der Waals surface area contributed by atoms with E-state index in [9.17, 15) is 4.79 Å². The second-order valence-electron chi connectivity index (χ2n) is 7.64. The van der Waals surface area contributed by atoms with Crippen LogP contribution in [0.4, 0.5) is 0 Å². The minimum Gasteiger partial charge on any atom is -0.376 e. The van der Waals surface area contributed by atoms with Crippen LogP contribution in [0.15, 0.2) is 24.5 Å². The van der Waals surface area contributed by atoms with E-state index < -0.39 is 0 Å². The number of pyridine rings is 1. The van der Waals surface area contributed by atoms with Gasteiger partial charge in [-0.2, -0.15) is 0 Å². The largest absolute Gasteiger partial charge is 0.376 e. The molecule has 4 atom stereocenters. The molecule has 3 fully saturated rings. The topological polar surface area (TPSA) is 57.7 Å². The summed E-state index contributed by atoms with van der Waals surface area (Å²) in [5, 5.41) is 3.32. The first kappa shape index (κ1) is 16.9. The van der Waals surface area contributed by atoms with E-state index in [-0.39, 0.29) is 11.9 Å².